The molecule has 1 fully saturated rings. The molecule has 2 rings (SSSR count). The lowest BCUT2D eigenvalue weighted by Crippen LogP contribution is -2.30. The molecule has 21 heavy (non-hydrogen) atoms. The highest BCUT2D eigenvalue weighted by atomic mass is 16.6. The smallest absolute Gasteiger partial charge is 0.274 e. The molecule has 2 N–H and O–H groups in total. The van der Waals surface area contributed by atoms with Crippen LogP contribution in [0.1, 0.15) is 31.2 Å². The third kappa shape index (κ3) is 4.26. The van der Waals surface area contributed by atoms with Crippen LogP contribution in [0.15, 0.2) is 18.2 Å². The summed E-state index contributed by atoms with van der Waals surface area (Å²) in [4.78, 5) is 22.4. The summed E-state index contributed by atoms with van der Waals surface area (Å²) in [6, 6.07) is 4.73. The summed E-state index contributed by atoms with van der Waals surface area (Å²) in [5.41, 5.74) is 1.05. The van der Waals surface area contributed by atoms with Crippen molar-refractivity contribution in [2.24, 2.45) is 5.92 Å². The molecule has 1 heterocycles. The number of nitro groups is 1. The van der Waals surface area contributed by atoms with E-state index >= 15 is 0 Å². The molecule has 1 aromatic carbocycles. The van der Waals surface area contributed by atoms with E-state index in [2.05, 4.69) is 10.6 Å². The van der Waals surface area contributed by atoms with Gasteiger partial charge in [0.1, 0.15) is 0 Å². The highest BCUT2D eigenvalue weighted by Crippen LogP contribution is 2.25. The number of anilines is 1. The SMILES string of the molecule is Cc1c(NC(=O)CCC2CCCNC2)cccc1[N+](=O)[O-]. The summed E-state index contributed by atoms with van der Waals surface area (Å²) in [6.07, 6.45) is 3.63. The first-order valence-electron chi connectivity index (χ1n) is 7.32. The largest absolute Gasteiger partial charge is 0.326 e. The molecule has 0 bridgehead atoms. The van der Waals surface area contributed by atoms with Gasteiger partial charge in [-0.3, -0.25) is 14.9 Å². The zero-order valence-corrected chi connectivity index (χ0v) is 12.2. The van der Waals surface area contributed by atoms with Gasteiger partial charge in [-0.15, -0.1) is 0 Å². The van der Waals surface area contributed by atoms with Crippen LogP contribution < -0.4 is 10.6 Å². The number of hydrogen-bond donors (Lipinski definition) is 2. The number of benzene rings is 1. The first-order valence-corrected chi connectivity index (χ1v) is 7.32. The van der Waals surface area contributed by atoms with Crippen LogP contribution >= 0.6 is 0 Å². The van der Waals surface area contributed by atoms with Crippen molar-refractivity contribution >= 4 is 17.3 Å². The van der Waals surface area contributed by atoms with Crippen molar-refractivity contribution in [3.05, 3.63) is 33.9 Å². The van der Waals surface area contributed by atoms with Crippen molar-refractivity contribution in [3.63, 3.8) is 0 Å². The van der Waals surface area contributed by atoms with E-state index in [0.717, 1.165) is 32.4 Å². The number of carbonyl (C=O) groups excluding carboxylic acids is 1. The van der Waals surface area contributed by atoms with Crippen molar-refractivity contribution < 1.29 is 9.72 Å². The molecule has 1 saturated heterocycles. The number of piperidine rings is 1. The molecule has 0 aromatic heterocycles. The van der Waals surface area contributed by atoms with Gasteiger partial charge in [-0.1, -0.05) is 6.07 Å². The summed E-state index contributed by atoms with van der Waals surface area (Å²) in [5, 5.41) is 17.0. The topological polar surface area (TPSA) is 84.3 Å². The van der Waals surface area contributed by atoms with Gasteiger partial charge in [0.15, 0.2) is 0 Å². The summed E-state index contributed by atoms with van der Waals surface area (Å²) < 4.78 is 0. The molecule has 1 unspecified atom stereocenters. The fourth-order valence-electron chi connectivity index (χ4n) is 2.67. The molecule has 1 amide bonds. The van der Waals surface area contributed by atoms with Crippen molar-refractivity contribution in [1.29, 1.82) is 0 Å². The molecular formula is C15H21N3O3. The Morgan fingerprint density at radius 3 is 3.00 bits per heavy atom. The normalized spacial score (nSPS) is 18.2. The molecule has 0 aliphatic carbocycles. The number of nitrogens with one attached hydrogen (secondary N) is 2. The van der Waals surface area contributed by atoms with Gasteiger partial charge in [0.05, 0.1) is 16.2 Å². The lowest BCUT2D eigenvalue weighted by Gasteiger charge is -2.22. The molecule has 1 aliphatic heterocycles. The number of carbonyl (C=O) groups is 1. The monoisotopic (exact) mass is 291 g/mol. The summed E-state index contributed by atoms with van der Waals surface area (Å²) in [6.45, 7) is 3.69. The molecule has 0 saturated carbocycles. The number of amides is 1. The molecule has 1 atom stereocenters. The van der Waals surface area contributed by atoms with Crippen LogP contribution in [0.25, 0.3) is 0 Å². The Kier molecular flexibility index (Phi) is 5.27. The third-order valence-electron chi connectivity index (χ3n) is 3.95. The standard InChI is InChI=1S/C15H21N3O3/c1-11-13(5-2-6-14(11)18(20)21)17-15(19)8-7-12-4-3-9-16-10-12/h2,5-6,12,16H,3-4,7-10H2,1H3,(H,17,19). The zero-order chi connectivity index (χ0) is 15.2. The van der Waals surface area contributed by atoms with Crippen molar-refractivity contribution in [1.82, 2.24) is 5.32 Å². The second-order valence-corrected chi connectivity index (χ2v) is 5.51. The minimum Gasteiger partial charge on any atom is -0.326 e. The summed E-state index contributed by atoms with van der Waals surface area (Å²) in [7, 11) is 0. The van der Waals surface area contributed by atoms with Crippen molar-refractivity contribution in [2.75, 3.05) is 18.4 Å². The van der Waals surface area contributed by atoms with Crippen LogP contribution in [0, 0.1) is 23.0 Å². The Labute approximate surface area is 124 Å². The minimum absolute atomic E-state index is 0.0317. The summed E-state index contributed by atoms with van der Waals surface area (Å²) >= 11 is 0. The van der Waals surface area contributed by atoms with Gasteiger partial charge in [0, 0.05) is 12.5 Å². The maximum absolute atomic E-state index is 12.0. The number of hydrogen-bond acceptors (Lipinski definition) is 4. The Hall–Kier alpha value is -1.95. The highest BCUT2D eigenvalue weighted by molar-refractivity contribution is 5.92. The molecule has 6 nitrogen and oxygen atoms in total. The Bertz CT molecular complexity index is 525. The number of nitrogens with zero attached hydrogens (tertiary/aromatic N) is 1. The van der Waals surface area contributed by atoms with Gasteiger partial charge >= 0.3 is 0 Å². The van der Waals surface area contributed by atoms with Crippen LogP contribution in [-0.2, 0) is 4.79 Å². The first-order chi connectivity index (χ1) is 10.1. The van der Waals surface area contributed by atoms with Gasteiger partial charge < -0.3 is 10.6 Å². The minimum atomic E-state index is -0.432. The van der Waals surface area contributed by atoms with E-state index in [1.54, 1.807) is 19.1 Å². The van der Waals surface area contributed by atoms with Crippen LogP contribution in [0.5, 0.6) is 0 Å². The van der Waals surface area contributed by atoms with E-state index in [1.807, 2.05) is 0 Å². The number of rotatable bonds is 5. The Balaban J connectivity index is 1.90. The Morgan fingerprint density at radius 2 is 2.33 bits per heavy atom. The quantitative estimate of drug-likeness (QED) is 0.645. The van der Waals surface area contributed by atoms with E-state index in [0.29, 0.717) is 23.6 Å². The van der Waals surface area contributed by atoms with Gasteiger partial charge in [0.2, 0.25) is 5.91 Å². The molecule has 1 aliphatic rings. The average Bonchev–Trinajstić information content (AvgIpc) is 2.48. The predicted molar refractivity (Wildman–Crippen MR) is 81.3 cm³/mol. The van der Waals surface area contributed by atoms with Crippen molar-refractivity contribution in [3.8, 4) is 0 Å². The van der Waals surface area contributed by atoms with Gasteiger partial charge in [-0.05, 0) is 51.3 Å². The van der Waals surface area contributed by atoms with E-state index in [4.69, 9.17) is 0 Å². The Morgan fingerprint density at radius 1 is 1.52 bits per heavy atom. The highest BCUT2D eigenvalue weighted by Gasteiger charge is 2.17. The molecule has 0 spiro atoms. The molecular weight excluding hydrogens is 270 g/mol. The van der Waals surface area contributed by atoms with Gasteiger partial charge in [-0.25, -0.2) is 0 Å². The second kappa shape index (κ2) is 7.17. The lowest BCUT2D eigenvalue weighted by molar-refractivity contribution is -0.385. The van der Waals surface area contributed by atoms with Gasteiger partial charge in [0.25, 0.3) is 5.69 Å². The second-order valence-electron chi connectivity index (χ2n) is 5.51. The van der Waals surface area contributed by atoms with E-state index in [1.165, 1.54) is 6.07 Å². The average molecular weight is 291 g/mol. The maximum Gasteiger partial charge on any atom is 0.274 e. The zero-order valence-electron chi connectivity index (χ0n) is 12.2. The van der Waals surface area contributed by atoms with E-state index in [-0.39, 0.29) is 11.6 Å². The van der Waals surface area contributed by atoms with E-state index < -0.39 is 4.92 Å². The lowest BCUT2D eigenvalue weighted by atomic mass is 9.94. The van der Waals surface area contributed by atoms with Crippen LogP contribution in [-0.4, -0.2) is 23.9 Å². The fourth-order valence-corrected chi connectivity index (χ4v) is 2.67. The van der Waals surface area contributed by atoms with Crippen molar-refractivity contribution in [2.45, 2.75) is 32.6 Å². The molecule has 1 aromatic rings. The molecule has 6 heteroatoms. The number of nitro benzene ring substituents is 1. The molecule has 0 radical (unpaired) electrons. The van der Waals surface area contributed by atoms with Gasteiger partial charge in [-0.2, -0.15) is 0 Å². The van der Waals surface area contributed by atoms with Crippen LogP contribution in [0.2, 0.25) is 0 Å². The predicted octanol–water partition coefficient (Wildman–Crippen LogP) is 2.62. The summed E-state index contributed by atoms with van der Waals surface area (Å²) in [5.74, 6) is 0.472. The first kappa shape index (κ1) is 15.4. The van der Waals surface area contributed by atoms with E-state index in [9.17, 15) is 14.9 Å². The third-order valence-corrected chi connectivity index (χ3v) is 3.95. The van der Waals surface area contributed by atoms with Crippen LogP contribution in [0.3, 0.4) is 0 Å². The van der Waals surface area contributed by atoms with Crippen LogP contribution in [0.4, 0.5) is 11.4 Å². The fraction of sp³-hybridized carbons (Fsp3) is 0.533. The maximum atomic E-state index is 12.0. The molecule has 114 valence electrons.